The molecule has 0 saturated carbocycles. The Kier molecular flexibility index (Phi) is 5.03. The number of alkyl halides is 3. The monoisotopic (exact) mass is 439 g/mol. The molecule has 3 aromatic rings. The largest absolute Gasteiger partial charge is 0.435 e. The molecule has 0 atom stereocenters. The highest BCUT2D eigenvalue weighted by atomic mass is 32.2. The molecule has 0 bridgehead atoms. The first-order valence-corrected chi connectivity index (χ1v) is 8.98. The molecule has 0 radical (unpaired) electrons. The van der Waals surface area contributed by atoms with Crippen molar-refractivity contribution < 1.29 is 39.2 Å². The summed E-state index contributed by atoms with van der Waals surface area (Å²) in [7, 11) is -4.52. The van der Waals surface area contributed by atoms with Gasteiger partial charge in [-0.25, -0.2) is 17.6 Å². The van der Waals surface area contributed by atoms with Gasteiger partial charge in [-0.2, -0.15) is 31.2 Å². The first-order chi connectivity index (χ1) is 13.4. The van der Waals surface area contributed by atoms with Crippen molar-refractivity contribution in [2.24, 2.45) is 0 Å². The molecule has 0 unspecified atom stereocenters. The fourth-order valence-electron chi connectivity index (χ4n) is 2.31. The van der Waals surface area contributed by atoms with E-state index in [-0.39, 0.29) is 21.8 Å². The lowest BCUT2D eigenvalue weighted by Crippen LogP contribution is -2.25. The van der Waals surface area contributed by atoms with Gasteiger partial charge in [0.25, 0.3) is 10.0 Å². The van der Waals surface area contributed by atoms with Crippen LogP contribution in [0.15, 0.2) is 47.4 Å². The first-order valence-electron chi connectivity index (χ1n) is 7.50. The lowest BCUT2D eigenvalue weighted by atomic mass is 10.1. The average Bonchev–Trinajstić information content (AvgIpc) is 3.07. The van der Waals surface area contributed by atoms with Crippen LogP contribution in [-0.4, -0.2) is 18.3 Å². The third-order valence-electron chi connectivity index (χ3n) is 3.64. The molecule has 0 aliphatic carbocycles. The van der Waals surface area contributed by atoms with Gasteiger partial charge in [-0.3, -0.25) is 0 Å². The van der Waals surface area contributed by atoms with Crippen LogP contribution in [-0.2, 0) is 16.2 Å². The van der Waals surface area contributed by atoms with E-state index in [9.17, 15) is 39.2 Å². The third kappa shape index (κ3) is 3.90. The zero-order valence-corrected chi connectivity index (χ0v) is 14.6. The van der Waals surface area contributed by atoms with Crippen molar-refractivity contribution in [2.75, 3.05) is 4.83 Å². The maximum absolute atomic E-state index is 14.1. The normalized spacial score (nSPS) is 12.2. The predicted molar refractivity (Wildman–Crippen MR) is 85.5 cm³/mol. The van der Waals surface area contributed by atoms with Gasteiger partial charge in [0.2, 0.25) is 0 Å². The predicted octanol–water partition coefficient (Wildman–Crippen LogP) is 4.06. The number of aromatic nitrogens is 2. The summed E-state index contributed by atoms with van der Waals surface area (Å²) in [6, 6.07) is 6.57. The molecule has 5 nitrogen and oxygen atoms in total. The Morgan fingerprint density at radius 2 is 1.52 bits per heavy atom. The van der Waals surface area contributed by atoms with Crippen LogP contribution < -0.4 is 4.83 Å². The molecule has 0 aliphatic rings. The number of halogens is 7. The molecule has 1 N–H and O–H groups in total. The number of nitrogens with one attached hydrogen (secondary N) is 1. The van der Waals surface area contributed by atoms with Gasteiger partial charge in [-0.05, 0) is 24.3 Å². The highest BCUT2D eigenvalue weighted by Gasteiger charge is 2.36. The van der Waals surface area contributed by atoms with E-state index in [1.807, 2.05) is 0 Å². The molecule has 29 heavy (non-hydrogen) atoms. The second-order valence-electron chi connectivity index (χ2n) is 5.58. The van der Waals surface area contributed by atoms with Crippen LogP contribution in [0.5, 0.6) is 0 Å². The van der Waals surface area contributed by atoms with E-state index < -0.39 is 56.4 Å². The van der Waals surface area contributed by atoms with Crippen molar-refractivity contribution in [3.63, 3.8) is 0 Å². The molecule has 0 aliphatic heterocycles. The Bertz CT molecular complexity index is 1180. The fourth-order valence-corrected chi connectivity index (χ4v) is 3.29. The van der Waals surface area contributed by atoms with Crippen molar-refractivity contribution in [3.05, 3.63) is 71.4 Å². The molecule has 1 heterocycles. The van der Waals surface area contributed by atoms with Gasteiger partial charge in [0, 0.05) is 5.56 Å². The topological polar surface area (TPSA) is 64.0 Å². The highest BCUT2D eigenvalue weighted by molar-refractivity contribution is 7.92. The molecular weight excluding hydrogens is 431 g/mol. The van der Waals surface area contributed by atoms with Crippen LogP contribution in [0.2, 0.25) is 0 Å². The number of hydrogen-bond acceptors (Lipinski definition) is 3. The molecule has 13 heteroatoms. The Morgan fingerprint density at radius 3 is 2.10 bits per heavy atom. The highest BCUT2D eigenvalue weighted by Crippen LogP contribution is 2.34. The van der Waals surface area contributed by atoms with Gasteiger partial charge in [-0.15, -0.1) is 5.10 Å². The zero-order valence-electron chi connectivity index (χ0n) is 13.8. The number of rotatable bonds is 4. The quantitative estimate of drug-likeness (QED) is 0.379. The molecule has 3 rings (SSSR count). The first kappa shape index (κ1) is 20.6. The van der Waals surface area contributed by atoms with Gasteiger partial charge in [-0.1, -0.05) is 18.2 Å². The Morgan fingerprint density at radius 1 is 0.897 bits per heavy atom. The average molecular weight is 439 g/mol. The van der Waals surface area contributed by atoms with E-state index in [0.717, 1.165) is 12.1 Å². The second-order valence-corrected chi connectivity index (χ2v) is 7.24. The van der Waals surface area contributed by atoms with Crippen molar-refractivity contribution >= 4 is 10.0 Å². The van der Waals surface area contributed by atoms with Crippen LogP contribution in [0.4, 0.5) is 30.7 Å². The van der Waals surface area contributed by atoms with E-state index in [1.54, 1.807) is 4.83 Å². The van der Waals surface area contributed by atoms with E-state index in [0.29, 0.717) is 0 Å². The Labute approximate surface area is 158 Å². The van der Waals surface area contributed by atoms with Crippen molar-refractivity contribution in [1.82, 2.24) is 9.89 Å². The Hall–Kier alpha value is -3.09. The number of sulfonamides is 1. The summed E-state index contributed by atoms with van der Waals surface area (Å²) in [4.78, 5) is 1.25. The van der Waals surface area contributed by atoms with Crippen LogP contribution in [0.25, 0.3) is 11.3 Å². The van der Waals surface area contributed by atoms with Gasteiger partial charge >= 0.3 is 6.18 Å². The Balaban J connectivity index is 2.20. The summed E-state index contributed by atoms with van der Waals surface area (Å²) < 4.78 is 118. The molecular formula is C16H8F7N3O2S. The third-order valence-corrected chi connectivity index (χ3v) is 4.94. The summed E-state index contributed by atoms with van der Waals surface area (Å²) in [6.07, 6.45) is -5.11. The summed E-state index contributed by atoms with van der Waals surface area (Å²) >= 11 is 0. The van der Waals surface area contributed by atoms with Crippen molar-refractivity contribution in [1.29, 1.82) is 0 Å². The summed E-state index contributed by atoms with van der Waals surface area (Å²) in [5.74, 6) is -8.39. The molecule has 154 valence electrons. The van der Waals surface area contributed by atoms with Crippen molar-refractivity contribution in [2.45, 2.75) is 11.1 Å². The molecule has 0 spiro atoms. The number of nitrogens with zero attached hydrogens (tertiary/aromatic N) is 2. The standard InChI is InChI=1S/C16H8F7N3O2S/c17-10-6-9(13(18)15(20)14(10)19)11-7-12(16(21,22)23)24-26(11)25-29(27,28)8-4-2-1-3-5-8/h1-7,25H. The van der Waals surface area contributed by atoms with Gasteiger partial charge < -0.3 is 0 Å². The minimum absolute atomic E-state index is 0.0135. The summed E-state index contributed by atoms with van der Waals surface area (Å²) in [5.41, 5.74) is -3.87. The van der Waals surface area contributed by atoms with E-state index >= 15 is 0 Å². The molecule has 0 fully saturated rings. The maximum Gasteiger partial charge on any atom is 0.435 e. The maximum atomic E-state index is 14.1. The van der Waals surface area contributed by atoms with Crippen molar-refractivity contribution in [3.8, 4) is 11.3 Å². The molecule has 1 aromatic heterocycles. The van der Waals surface area contributed by atoms with Gasteiger partial charge in [0.15, 0.2) is 29.0 Å². The van der Waals surface area contributed by atoms with Gasteiger partial charge in [0.1, 0.15) is 0 Å². The zero-order chi connectivity index (χ0) is 21.6. The minimum Gasteiger partial charge on any atom is -0.204 e. The number of benzene rings is 2. The van der Waals surface area contributed by atoms with E-state index in [4.69, 9.17) is 0 Å². The lowest BCUT2D eigenvalue weighted by Gasteiger charge is -2.12. The molecule has 2 aromatic carbocycles. The van der Waals surface area contributed by atoms with Crippen LogP contribution in [0.3, 0.4) is 0 Å². The second kappa shape index (κ2) is 7.06. The van der Waals surface area contributed by atoms with E-state index in [2.05, 4.69) is 5.10 Å². The van der Waals surface area contributed by atoms with Crippen LogP contribution >= 0.6 is 0 Å². The summed E-state index contributed by atoms with van der Waals surface area (Å²) in [6.45, 7) is 0. The fraction of sp³-hybridized carbons (Fsp3) is 0.0625. The molecule has 0 saturated heterocycles. The van der Waals surface area contributed by atoms with Crippen LogP contribution in [0.1, 0.15) is 5.69 Å². The summed E-state index contributed by atoms with van der Waals surface area (Å²) in [5, 5.41) is 2.99. The van der Waals surface area contributed by atoms with Crippen LogP contribution in [0, 0.1) is 23.3 Å². The molecule has 0 amide bonds. The minimum atomic E-state index is -5.11. The number of hydrogen-bond donors (Lipinski definition) is 1. The smallest absolute Gasteiger partial charge is 0.204 e. The lowest BCUT2D eigenvalue weighted by molar-refractivity contribution is -0.141. The van der Waals surface area contributed by atoms with E-state index in [1.165, 1.54) is 18.2 Å². The van der Waals surface area contributed by atoms with Gasteiger partial charge in [0.05, 0.1) is 10.6 Å². The SMILES string of the molecule is O=S(=O)(Nn1nc(C(F)(F)F)cc1-c1cc(F)c(F)c(F)c1F)c1ccccc1.